The monoisotopic (exact) mass is 414 g/mol. The van der Waals surface area contributed by atoms with E-state index in [2.05, 4.69) is 12.2 Å². The maximum atomic E-state index is 14.7. The minimum Gasteiger partial charge on any atom is -0.490 e. The van der Waals surface area contributed by atoms with Crippen molar-refractivity contribution < 1.29 is 13.5 Å². The van der Waals surface area contributed by atoms with Gasteiger partial charge >= 0.3 is 0 Å². The summed E-state index contributed by atoms with van der Waals surface area (Å²) in [6, 6.07) is 14.1. The average Bonchev–Trinajstić information content (AvgIpc) is 3.10. The fraction of sp³-hybridized carbons (Fsp3) is 0.261. The van der Waals surface area contributed by atoms with Crippen molar-refractivity contribution in [3.05, 3.63) is 82.0 Å². The van der Waals surface area contributed by atoms with Gasteiger partial charge in [-0.25, -0.2) is 13.8 Å². The second-order valence-corrected chi connectivity index (χ2v) is 7.70. The normalized spacial score (nSPS) is 16.4. The van der Waals surface area contributed by atoms with Gasteiger partial charge in [-0.05, 0) is 24.7 Å². The molecule has 2 aromatic carbocycles. The van der Waals surface area contributed by atoms with Gasteiger partial charge in [0.05, 0.1) is 17.3 Å². The number of likely N-dealkylation sites (N-methyl/N-ethyl adjacent to an activating group) is 1. The number of rotatable bonds is 5. The Labute approximate surface area is 173 Å². The van der Waals surface area contributed by atoms with Gasteiger partial charge in [0.15, 0.2) is 0 Å². The third-order valence-electron chi connectivity index (χ3n) is 5.26. The molecule has 1 aliphatic heterocycles. The van der Waals surface area contributed by atoms with Crippen LogP contribution in [0.15, 0.2) is 48.5 Å². The first kappa shape index (κ1) is 19.8. The zero-order valence-electron chi connectivity index (χ0n) is 16.2. The van der Waals surface area contributed by atoms with Gasteiger partial charge in [0.2, 0.25) is 0 Å². The lowest BCUT2D eigenvalue weighted by Gasteiger charge is -2.20. The highest BCUT2D eigenvalue weighted by Crippen LogP contribution is 2.43. The molecule has 0 fully saturated rings. The van der Waals surface area contributed by atoms with Gasteiger partial charge in [-0.15, -0.1) is 0 Å². The summed E-state index contributed by atoms with van der Waals surface area (Å²) in [6.07, 6.45) is 0. The Hall–Kier alpha value is -2.50. The molecule has 6 heteroatoms. The van der Waals surface area contributed by atoms with E-state index in [1.165, 1.54) is 6.07 Å². The van der Waals surface area contributed by atoms with Gasteiger partial charge < -0.3 is 10.1 Å². The number of pyridine rings is 1. The maximum Gasteiger partial charge on any atom is 0.149 e. The van der Waals surface area contributed by atoms with Crippen LogP contribution in [0.4, 0.5) is 8.78 Å². The number of nitrogens with zero attached hydrogens (tertiary/aromatic N) is 1. The molecule has 0 spiro atoms. The molecule has 3 nitrogen and oxygen atoms in total. The van der Waals surface area contributed by atoms with E-state index < -0.39 is 11.6 Å². The van der Waals surface area contributed by atoms with Crippen LogP contribution in [0.2, 0.25) is 5.02 Å². The number of hydrogen-bond acceptors (Lipinski definition) is 3. The van der Waals surface area contributed by atoms with Crippen molar-refractivity contribution in [3.8, 4) is 17.0 Å². The van der Waals surface area contributed by atoms with E-state index in [-0.39, 0.29) is 22.4 Å². The van der Waals surface area contributed by atoms with Crippen LogP contribution in [0.3, 0.4) is 0 Å². The number of halogens is 3. The Balaban J connectivity index is 1.92. The summed E-state index contributed by atoms with van der Waals surface area (Å²) >= 11 is 5.94. The van der Waals surface area contributed by atoms with Crippen LogP contribution in [-0.2, 0) is 0 Å². The Morgan fingerprint density at radius 1 is 1.17 bits per heavy atom. The highest BCUT2D eigenvalue weighted by Gasteiger charge is 2.29. The van der Waals surface area contributed by atoms with Crippen molar-refractivity contribution in [3.63, 3.8) is 0 Å². The largest absolute Gasteiger partial charge is 0.490 e. The molecule has 3 aromatic rings. The van der Waals surface area contributed by atoms with Gasteiger partial charge in [0.1, 0.15) is 23.1 Å². The van der Waals surface area contributed by atoms with E-state index >= 15 is 0 Å². The lowest BCUT2D eigenvalue weighted by atomic mass is 9.91. The van der Waals surface area contributed by atoms with Crippen molar-refractivity contribution in [2.24, 2.45) is 0 Å². The third-order valence-corrected chi connectivity index (χ3v) is 5.55. The molecule has 2 unspecified atom stereocenters. The molecule has 0 saturated heterocycles. The van der Waals surface area contributed by atoms with E-state index in [0.717, 1.165) is 22.9 Å². The molecule has 150 valence electrons. The molecule has 0 aliphatic carbocycles. The second-order valence-electron chi connectivity index (χ2n) is 7.29. The van der Waals surface area contributed by atoms with Crippen LogP contribution in [0.5, 0.6) is 5.75 Å². The molecule has 0 radical (unpaired) electrons. The third kappa shape index (κ3) is 3.72. The van der Waals surface area contributed by atoms with Crippen LogP contribution in [-0.4, -0.2) is 25.2 Å². The minimum absolute atomic E-state index is 0.0305. The van der Waals surface area contributed by atoms with Gasteiger partial charge in [0, 0.05) is 35.6 Å². The highest BCUT2D eigenvalue weighted by molar-refractivity contribution is 6.31. The average molecular weight is 415 g/mol. The highest BCUT2D eigenvalue weighted by atomic mass is 35.5. The van der Waals surface area contributed by atoms with E-state index in [1.807, 2.05) is 43.4 Å². The minimum atomic E-state index is -0.799. The molecule has 0 bridgehead atoms. The lowest BCUT2D eigenvalue weighted by Crippen LogP contribution is -2.19. The van der Waals surface area contributed by atoms with Crippen LogP contribution < -0.4 is 10.1 Å². The number of fused-ring (bicyclic) bond motifs is 1. The van der Waals surface area contributed by atoms with Crippen LogP contribution in [0, 0.1) is 11.6 Å². The second kappa shape index (κ2) is 8.09. The predicted octanol–water partition coefficient (Wildman–Crippen LogP) is 5.53. The summed E-state index contributed by atoms with van der Waals surface area (Å²) in [5.74, 6) is -0.856. The number of ether oxygens (including phenoxy) is 1. The van der Waals surface area contributed by atoms with E-state index in [4.69, 9.17) is 21.3 Å². The standard InChI is InChI=1S/C23H21ClF2N2O/c1-13-12-29-23-15(13)9-21(17(11-27-2)14-6-4-3-5-7-14)28-22(23)16-8-18(24)20(26)10-19(16)25/h3-10,13,17,27H,11-12H2,1-2H3. The Kier molecular flexibility index (Phi) is 5.52. The van der Waals surface area contributed by atoms with Crippen molar-refractivity contribution in [1.29, 1.82) is 0 Å². The molecule has 1 N–H and O–H groups in total. The summed E-state index contributed by atoms with van der Waals surface area (Å²) in [4.78, 5) is 4.79. The van der Waals surface area contributed by atoms with Crippen molar-refractivity contribution in [2.45, 2.75) is 18.8 Å². The quantitative estimate of drug-likeness (QED) is 0.557. The van der Waals surface area contributed by atoms with Gasteiger partial charge in [0.25, 0.3) is 0 Å². The van der Waals surface area contributed by atoms with E-state index in [1.54, 1.807) is 0 Å². The van der Waals surface area contributed by atoms with E-state index in [0.29, 0.717) is 24.6 Å². The summed E-state index contributed by atoms with van der Waals surface area (Å²) in [6.45, 7) is 3.21. The summed E-state index contributed by atoms with van der Waals surface area (Å²) in [7, 11) is 1.88. The predicted molar refractivity (Wildman–Crippen MR) is 111 cm³/mol. The number of nitrogens with one attached hydrogen (secondary N) is 1. The topological polar surface area (TPSA) is 34.2 Å². The van der Waals surface area contributed by atoms with Crippen molar-refractivity contribution >= 4 is 11.6 Å². The molecule has 4 rings (SSSR count). The fourth-order valence-corrected chi connectivity index (χ4v) is 3.90. The number of benzene rings is 2. The maximum absolute atomic E-state index is 14.7. The van der Waals surface area contributed by atoms with Crippen LogP contribution in [0.1, 0.15) is 35.6 Å². The fourth-order valence-electron chi connectivity index (χ4n) is 3.74. The lowest BCUT2D eigenvalue weighted by molar-refractivity contribution is 0.337. The molecule has 29 heavy (non-hydrogen) atoms. The van der Waals surface area contributed by atoms with Gasteiger partial charge in [-0.2, -0.15) is 0 Å². The van der Waals surface area contributed by atoms with E-state index in [9.17, 15) is 8.78 Å². The smallest absolute Gasteiger partial charge is 0.149 e. The van der Waals surface area contributed by atoms with Gasteiger partial charge in [-0.3, -0.25) is 0 Å². The van der Waals surface area contributed by atoms with Crippen LogP contribution in [0.25, 0.3) is 11.3 Å². The Morgan fingerprint density at radius 3 is 2.66 bits per heavy atom. The molecule has 2 heterocycles. The summed E-state index contributed by atoms with van der Waals surface area (Å²) < 4.78 is 34.2. The summed E-state index contributed by atoms with van der Waals surface area (Å²) in [5.41, 5.74) is 3.38. The van der Waals surface area contributed by atoms with Crippen molar-refractivity contribution in [1.82, 2.24) is 10.3 Å². The first-order valence-corrected chi connectivity index (χ1v) is 9.89. The summed E-state index contributed by atoms with van der Waals surface area (Å²) in [5, 5.41) is 3.07. The first-order chi connectivity index (χ1) is 14.0. The van der Waals surface area contributed by atoms with Crippen LogP contribution >= 0.6 is 11.6 Å². The molecule has 1 aliphatic rings. The Bertz CT molecular complexity index is 1040. The molecular formula is C23H21ClF2N2O. The first-order valence-electron chi connectivity index (χ1n) is 9.51. The number of hydrogen-bond donors (Lipinski definition) is 1. The van der Waals surface area contributed by atoms with Crippen molar-refractivity contribution in [2.75, 3.05) is 20.2 Å². The molecule has 0 saturated carbocycles. The van der Waals surface area contributed by atoms with Gasteiger partial charge in [-0.1, -0.05) is 48.9 Å². The molecule has 1 aromatic heterocycles. The molecule has 2 atom stereocenters. The zero-order chi connectivity index (χ0) is 20.5. The zero-order valence-corrected chi connectivity index (χ0v) is 16.9. The number of aromatic nitrogens is 1. The Morgan fingerprint density at radius 2 is 1.93 bits per heavy atom. The molecular weight excluding hydrogens is 394 g/mol. The molecule has 0 amide bonds. The SMILES string of the molecule is CNCC(c1ccccc1)c1cc2c(c(-c3cc(Cl)c(F)cc3F)n1)OCC2C.